The summed E-state index contributed by atoms with van der Waals surface area (Å²) in [5, 5.41) is 0.214. The van der Waals surface area contributed by atoms with Crippen LogP contribution < -0.4 is 0 Å². The van der Waals surface area contributed by atoms with Gasteiger partial charge >= 0.3 is 0 Å². The Balaban J connectivity index is 2.21. The largest absolute Gasteiger partial charge is 0.345 e. The third kappa shape index (κ3) is 1.55. The van der Waals surface area contributed by atoms with Gasteiger partial charge in [-0.1, -0.05) is 0 Å². The van der Waals surface area contributed by atoms with Gasteiger partial charge in [-0.15, -0.1) is 0 Å². The van der Waals surface area contributed by atoms with E-state index >= 15 is 0 Å². The molecule has 0 bridgehead atoms. The predicted molar refractivity (Wildman–Crippen MR) is 41.7 cm³/mol. The van der Waals surface area contributed by atoms with Crippen LogP contribution in [-0.2, 0) is 9.47 Å². The number of nitrogens with zero attached hydrogens (tertiary/aromatic N) is 2. The van der Waals surface area contributed by atoms with Crippen LogP contribution in [0.25, 0.3) is 0 Å². The number of aromatic nitrogens is 2. The van der Waals surface area contributed by atoms with E-state index in [0.717, 1.165) is 0 Å². The van der Waals surface area contributed by atoms with E-state index in [-0.39, 0.29) is 11.6 Å². The van der Waals surface area contributed by atoms with Gasteiger partial charge < -0.3 is 9.47 Å². The molecule has 2 heterocycles. The molecule has 1 saturated heterocycles. The summed E-state index contributed by atoms with van der Waals surface area (Å²) in [6.45, 7) is 1.21. The fourth-order valence-electron chi connectivity index (χ4n) is 1.01. The Kier molecular flexibility index (Phi) is 2.21. The van der Waals surface area contributed by atoms with Crippen LogP contribution in [0.2, 0.25) is 5.28 Å². The third-order valence-corrected chi connectivity index (χ3v) is 1.69. The van der Waals surface area contributed by atoms with Gasteiger partial charge in [0, 0.05) is 6.20 Å². The lowest BCUT2D eigenvalue weighted by Crippen LogP contribution is -2.01. The molecule has 0 N–H and O–H groups in total. The SMILES string of the molecule is Clc1nccc(C2OCCO2)n1. The monoisotopic (exact) mass is 186 g/mol. The molecule has 0 atom stereocenters. The van der Waals surface area contributed by atoms with Crippen molar-refractivity contribution in [1.82, 2.24) is 9.97 Å². The maximum Gasteiger partial charge on any atom is 0.222 e. The molecule has 0 aromatic carbocycles. The molecule has 4 nitrogen and oxygen atoms in total. The second kappa shape index (κ2) is 3.35. The van der Waals surface area contributed by atoms with Gasteiger partial charge in [0.25, 0.3) is 0 Å². The van der Waals surface area contributed by atoms with Crippen molar-refractivity contribution >= 4 is 11.6 Å². The first-order chi connectivity index (χ1) is 5.86. The second-order valence-electron chi connectivity index (χ2n) is 2.32. The highest BCUT2D eigenvalue weighted by Gasteiger charge is 2.19. The van der Waals surface area contributed by atoms with Gasteiger partial charge in [0.05, 0.1) is 13.2 Å². The zero-order valence-electron chi connectivity index (χ0n) is 6.24. The van der Waals surface area contributed by atoms with Gasteiger partial charge in [-0.25, -0.2) is 9.97 Å². The highest BCUT2D eigenvalue weighted by Crippen LogP contribution is 2.21. The van der Waals surface area contributed by atoms with Crippen LogP contribution in [0.4, 0.5) is 0 Å². The van der Waals surface area contributed by atoms with E-state index < -0.39 is 0 Å². The van der Waals surface area contributed by atoms with Crippen molar-refractivity contribution in [3.05, 3.63) is 23.2 Å². The highest BCUT2D eigenvalue weighted by molar-refractivity contribution is 6.28. The molecule has 1 aromatic rings. The van der Waals surface area contributed by atoms with Crippen LogP contribution >= 0.6 is 11.6 Å². The lowest BCUT2D eigenvalue weighted by atomic mass is 10.4. The van der Waals surface area contributed by atoms with Crippen molar-refractivity contribution in [3.8, 4) is 0 Å². The van der Waals surface area contributed by atoms with E-state index in [1.54, 1.807) is 12.3 Å². The zero-order valence-corrected chi connectivity index (χ0v) is 6.99. The molecule has 1 aromatic heterocycles. The molecular formula is C7H7ClN2O2. The maximum atomic E-state index is 5.59. The number of halogens is 1. The highest BCUT2D eigenvalue weighted by atomic mass is 35.5. The van der Waals surface area contributed by atoms with E-state index in [1.807, 2.05) is 0 Å². The van der Waals surface area contributed by atoms with E-state index in [1.165, 1.54) is 0 Å². The molecule has 0 unspecified atom stereocenters. The fourth-order valence-corrected chi connectivity index (χ4v) is 1.16. The van der Waals surface area contributed by atoms with Crippen molar-refractivity contribution in [2.24, 2.45) is 0 Å². The summed E-state index contributed by atoms with van der Waals surface area (Å²) in [6, 6.07) is 1.72. The molecule has 64 valence electrons. The van der Waals surface area contributed by atoms with Crippen LogP contribution in [-0.4, -0.2) is 23.2 Å². The molecular weight excluding hydrogens is 180 g/mol. The maximum absolute atomic E-state index is 5.59. The summed E-state index contributed by atoms with van der Waals surface area (Å²) in [7, 11) is 0. The summed E-state index contributed by atoms with van der Waals surface area (Å²) in [6.07, 6.45) is 1.21. The molecule has 2 rings (SSSR count). The van der Waals surface area contributed by atoms with Crippen molar-refractivity contribution in [2.75, 3.05) is 13.2 Å². The first-order valence-corrected chi connectivity index (χ1v) is 3.96. The quantitative estimate of drug-likeness (QED) is 0.618. The van der Waals surface area contributed by atoms with Gasteiger partial charge in [0.2, 0.25) is 11.6 Å². The standard InChI is InChI=1S/C7H7ClN2O2/c8-7-9-2-1-5(10-7)6-11-3-4-12-6/h1-2,6H,3-4H2. The second-order valence-corrected chi connectivity index (χ2v) is 2.66. The topological polar surface area (TPSA) is 44.2 Å². The van der Waals surface area contributed by atoms with Gasteiger partial charge in [0.1, 0.15) is 5.69 Å². The molecule has 0 spiro atoms. The van der Waals surface area contributed by atoms with Gasteiger partial charge in [-0.2, -0.15) is 0 Å². The van der Waals surface area contributed by atoms with Crippen molar-refractivity contribution in [2.45, 2.75) is 6.29 Å². The van der Waals surface area contributed by atoms with Crippen LogP contribution in [0.5, 0.6) is 0 Å². The molecule has 0 amide bonds. The van der Waals surface area contributed by atoms with Crippen LogP contribution in [0.3, 0.4) is 0 Å². The lowest BCUT2D eigenvalue weighted by Gasteiger charge is -2.06. The Labute approximate surface area is 74.5 Å². The number of hydrogen-bond acceptors (Lipinski definition) is 4. The Morgan fingerprint density at radius 1 is 1.42 bits per heavy atom. The summed E-state index contributed by atoms with van der Waals surface area (Å²) < 4.78 is 10.4. The number of rotatable bonds is 1. The summed E-state index contributed by atoms with van der Waals surface area (Å²) in [5.41, 5.74) is 0.674. The zero-order chi connectivity index (χ0) is 8.39. The van der Waals surface area contributed by atoms with E-state index in [9.17, 15) is 0 Å². The predicted octanol–water partition coefficient (Wildman–Crippen LogP) is 1.18. The number of hydrogen-bond donors (Lipinski definition) is 0. The molecule has 0 radical (unpaired) electrons. The Morgan fingerprint density at radius 2 is 2.17 bits per heavy atom. The van der Waals surface area contributed by atoms with Crippen molar-refractivity contribution in [3.63, 3.8) is 0 Å². The van der Waals surface area contributed by atoms with E-state index in [0.29, 0.717) is 18.9 Å². The third-order valence-electron chi connectivity index (χ3n) is 1.51. The van der Waals surface area contributed by atoms with Crippen molar-refractivity contribution in [1.29, 1.82) is 0 Å². The number of ether oxygens (including phenoxy) is 2. The molecule has 5 heteroatoms. The summed E-state index contributed by atoms with van der Waals surface area (Å²) in [5.74, 6) is 0. The summed E-state index contributed by atoms with van der Waals surface area (Å²) >= 11 is 5.59. The van der Waals surface area contributed by atoms with Crippen molar-refractivity contribution < 1.29 is 9.47 Å². The normalized spacial score (nSPS) is 18.4. The summed E-state index contributed by atoms with van der Waals surface area (Å²) in [4.78, 5) is 7.71. The van der Waals surface area contributed by atoms with Crippen LogP contribution in [0, 0.1) is 0 Å². The van der Waals surface area contributed by atoms with Gasteiger partial charge in [0.15, 0.2) is 0 Å². The molecule has 12 heavy (non-hydrogen) atoms. The van der Waals surface area contributed by atoms with Crippen LogP contribution in [0.1, 0.15) is 12.0 Å². The Morgan fingerprint density at radius 3 is 2.83 bits per heavy atom. The molecule has 0 saturated carbocycles. The van der Waals surface area contributed by atoms with Crippen LogP contribution in [0.15, 0.2) is 12.3 Å². The minimum Gasteiger partial charge on any atom is -0.345 e. The van der Waals surface area contributed by atoms with Gasteiger partial charge in [-0.3, -0.25) is 0 Å². The lowest BCUT2D eigenvalue weighted by molar-refractivity contribution is -0.0473. The molecule has 1 aliphatic rings. The Hall–Kier alpha value is -0.710. The smallest absolute Gasteiger partial charge is 0.222 e. The molecule has 0 aliphatic carbocycles. The minimum atomic E-state index is -0.370. The average molecular weight is 187 g/mol. The molecule has 1 fully saturated rings. The Bertz CT molecular complexity index is 276. The first-order valence-electron chi connectivity index (χ1n) is 3.58. The average Bonchev–Trinajstić information content (AvgIpc) is 2.56. The van der Waals surface area contributed by atoms with E-state index in [2.05, 4.69) is 9.97 Å². The first kappa shape index (κ1) is 7.91. The fraction of sp³-hybridized carbons (Fsp3) is 0.429. The minimum absolute atomic E-state index is 0.214. The van der Waals surface area contributed by atoms with Gasteiger partial charge in [-0.05, 0) is 17.7 Å². The van der Waals surface area contributed by atoms with E-state index in [4.69, 9.17) is 21.1 Å². The molecule has 1 aliphatic heterocycles.